The highest BCUT2D eigenvalue weighted by molar-refractivity contribution is 6.30. The molecule has 0 heterocycles. The van der Waals surface area contributed by atoms with Crippen molar-refractivity contribution in [2.45, 2.75) is 19.5 Å². The quantitative estimate of drug-likeness (QED) is 0.860. The van der Waals surface area contributed by atoms with Crippen LogP contribution in [0.2, 0.25) is 5.02 Å². The number of hydrogen-bond acceptors (Lipinski definition) is 2. The second kappa shape index (κ2) is 5.45. The van der Waals surface area contributed by atoms with Crippen LogP contribution in [-0.4, -0.2) is 29.7 Å². The normalized spacial score (nSPS) is 13.2. The minimum Gasteiger partial charge on any atom is -0.395 e. The number of nitrogens with zero attached hydrogens (tertiary/aromatic N) is 1. The number of hydrogen-bond donors (Lipinski definition) is 1. The summed E-state index contributed by atoms with van der Waals surface area (Å²) in [7, 11) is 1.83. The molecular formula is C11H15ClFNO. The molecule has 0 aliphatic carbocycles. The Labute approximate surface area is 94.3 Å². The Bertz CT molecular complexity index is 332. The number of halogens is 2. The fraction of sp³-hybridized carbons (Fsp3) is 0.455. The average Bonchev–Trinajstić information content (AvgIpc) is 2.23. The van der Waals surface area contributed by atoms with Gasteiger partial charge in [0.2, 0.25) is 0 Å². The molecule has 0 fully saturated rings. The molecule has 84 valence electrons. The molecule has 0 amide bonds. The number of rotatable bonds is 4. The number of likely N-dealkylation sites (N-methyl/N-ethyl adjacent to an activating group) is 1. The van der Waals surface area contributed by atoms with Gasteiger partial charge in [0, 0.05) is 18.2 Å². The first-order valence-corrected chi connectivity index (χ1v) is 5.18. The van der Waals surface area contributed by atoms with Crippen molar-refractivity contribution in [3.8, 4) is 0 Å². The van der Waals surface area contributed by atoms with Crippen LogP contribution in [0.5, 0.6) is 0 Å². The smallest absolute Gasteiger partial charge is 0.146 e. The lowest BCUT2D eigenvalue weighted by Crippen LogP contribution is -2.31. The van der Waals surface area contributed by atoms with Crippen LogP contribution in [0, 0.1) is 5.82 Å². The van der Waals surface area contributed by atoms with E-state index in [0.717, 1.165) is 0 Å². The van der Waals surface area contributed by atoms with E-state index in [1.807, 2.05) is 18.9 Å². The molecule has 2 nitrogen and oxygen atoms in total. The molecule has 0 bridgehead atoms. The van der Waals surface area contributed by atoms with Gasteiger partial charge in [-0.05, 0) is 20.0 Å². The summed E-state index contributed by atoms with van der Waals surface area (Å²) >= 11 is 5.67. The molecular weight excluding hydrogens is 217 g/mol. The highest BCUT2D eigenvalue weighted by Crippen LogP contribution is 2.19. The van der Waals surface area contributed by atoms with Crippen LogP contribution in [0.3, 0.4) is 0 Å². The van der Waals surface area contributed by atoms with Crippen LogP contribution in [0.25, 0.3) is 0 Å². The summed E-state index contributed by atoms with van der Waals surface area (Å²) in [6.45, 7) is 2.37. The van der Waals surface area contributed by atoms with Crippen molar-refractivity contribution in [2.75, 3.05) is 13.7 Å². The van der Waals surface area contributed by atoms with E-state index < -0.39 is 0 Å². The Balaban J connectivity index is 2.76. The second-order valence-electron chi connectivity index (χ2n) is 3.66. The Morgan fingerprint density at radius 3 is 2.80 bits per heavy atom. The van der Waals surface area contributed by atoms with Crippen molar-refractivity contribution in [1.82, 2.24) is 4.90 Å². The predicted molar refractivity (Wildman–Crippen MR) is 59.4 cm³/mol. The van der Waals surface area contributed by atoms with Crippen LogP contribution >= 0.6 is 11.6 Å². The first-order valence-electron chi connectivity index (χ1n) is 4.80. The van der Waals surface area contributed by atoms with Gasteiger partial charge in [0.15, 0.2) is 0 Å². The standard InChI is InChI=1S/C11H15ClFNO/c1-8(7-15)14(2)6-9-4-3-5-10(12)11(9)13/h3-5,8,15H,6-7H2,1-2H3. The van der Waals surface area contributed by atoms with Crippen LogP contribution < -0.4 is 0 Å². The van der Waals surface area contributed by atoms with E-state index in [0.29, 0.717) is 12.1 Å². The first kappa shape index (κ1) is 12.4. The summed E-state index contributed by atoms with van der Waals surface area (Å²) < 4.78 is 13.5. The fourth-order valence-corrected chi connectivity index (χ4v) is 1.43. The molecule has 15 heavy (non-hydrogen) atoms. The van der Waals surface area contributed by atoms with Crippen LogP contribution in [0.1, 0.15) is 12.5 Å². The molecule has 1 atom stereocenters. The molecule has 0 aliphatic heterocycles. The minimum absolute atomic E-state index is 0.00313. The zero-order valence-electron chi connectivity index (χ0n) is 8.87. The maximum absolute atomic E-state index is 13.5. The number of aliphatic hydroxyl groups is 1. The van der Waals surface area contributed by atoms with E-state index in [9.17, 15) is 4.39 Å². The number of benzene rings is 1. The summed E-state index contributed by atoms with van der Waals surface area (Å²) in [6.07, 6.45) is 0. The zero-order chi connectivity index (χ0) is 11.4. The van der Waals surface area contributed by atoms with Crippen LogP contribution in [-0.2, 0) is 6.54 Å². The molecule has 1 aromatic carbocycles. The molecule has 1 rings (SSSR count). The number of aliphatic hydroxyl groups excluding tert-OH is 1. The summed E-state index contributed by atoms with van der Waals surface area (Å²) in [5.74, 6) is -0.379. The lowest BCUT2D eigenvalue weighted by atomic mass is 10.2. The van der Waals surface area contributed by atoms with Gasteiger partial charge in [0.1, 0.15) is 5.82 Å². The van der Waals surface area contributed by atoms with Gasteiger partial charge in [-0.2, -0.15) is 0 Å². The van der Waals surface area contributed by atoms with Gasteiger partial charge < -0.3 is 5.11 Å². The van der Waals surface area contributed by atoms with Gasteiger partial charge in [-0.1, -0.05) is 23.7 Å². The van der Waals surface area contributed by atoms with Crippen LogP contribution in [0.4, 0.5) is 4.39 Å². The third kappa shape index (κ3) is 3.16. The summed E-state index contributed by atoms with van der Waals surface area (Å²) in [6, 6.07) is 4.94. The third-order valence-corrected chi connectivity index (χ3v) is 2.76. The molecule has 0 radical (unpaired) electrons. The monoisotopic (exact) mass is 231 g/mol. The highest BCUT2D eigenvalue weighted by Gasteiger charge is 2.12. The Kier molecular flexibility index (Phi) is 4.51. The van der Waals surface area contributed by atoms with Gasteiger partial charge >= 0.3 is 0 Å². The van der Waals surface area contributed by atoms with E-state index >= 15 is 0 Å². The molecule has 0 aliphatic rings. The summed E-state index contributed by atoms with van der Waals surface area (Å²) in [5.41, 5.74) is 0.547. The van der Waals surface area contributed by atoms with Gasteiger partial charge in [-0.3, -0.25) is 4.90 Å². The second-order valence-corrected chi connectivity index (χ2v) is 4.07. The maximum atomic E-state index is 13.5. The fourth-order valence-electron chi connectivity index (χ4n) is 1.23. The zero-order valence-corrected chi connectivity index (χ0v) is 9.63. The first-order chi connectivity index (χ1) is 7.06. The molecule has 1 aromatic rings. The third-order valence-electron chi connectivity index (χ3n) is 2.47. The van der Waals surface area contributed by atoms with Crippen molar-refractivity contribution in [3.05, 3.63) is 34.6 Å². The Hall–Kier alpha value is -0.640. The van der Waals surface area contributed by atoms with Crippen molar-refractivity contribution in [2.24, 2.45) is 0 Å². The lowest BCUT2D eigenvalue weighted by Gasteiger charge is -2.23. The minimum atomic E-state index is -0.379. The molecule has 1 unspecified atom stereocenters. The average molecular weight is 232 g/mol. The van der Waals surface area contributed by atoms with Crippen LogP contribution in [0.15, 0.2) is 18.2 Å². The summed E-state index contributed by atoms with van der Waals surface area (Å²) in [5, 5.41) is 9.08. The van der Waals surface area contributed by atoms with Crippen molar-refractivity contribution in [1.29, 1.82) is 0 Å². The van der Waals surface area contributed by atoms with Crippen molar-refractivity contribution in [3.63, 3.8) is 0 Å². The van der Waals surface area contributed by atoms with E-state index in [1.165, 1.54) is 6.07 Å². The molecule has 4 heteroatoms. The topological polar surface area (TPSA) is 23.5 Å². The predicted octanol–water partition coefficient (Wildman–Crippen LogP) is 2.29. The van der Waals surface area contributed by atoms with E-state index in [2.05, 4.69) is 0 Å². The molecule has 0 aromatic heterocycles. The largest absolute Gasteiger partial charge is 0.395 e. The highest BCUT2D eigenvalue weighted by atomic mass is 35.5. The molecule has 0 saturated heterocycles. The lowest BCUT2D eigenvalue weighted by molar-refractivity contribution is 0.153. The van der Waals surface area contributed by atoms with Gasteiger partial charge in [0.25, 0.3) is 0 Å². The van der Waals surface area contributed by atoms with E-state index in [-0.39, 0.29) is 23.5 Å². The Morgan fingerprint density at radius 2 is 2.20 bits per heavy atom. The molecule has 1 N–H and O–H groups in total. The summed E-state index contributed by atoms with van der Waals surface area (Å²) in [4.78, 5) is 1.87. The van der Waals surface area contributed by atoms with E-state index in [4.69, 9.17) is 16.7 Å². The van der Waals surface area contributed by atoms with Gasteiger partial charge in [-0.15, -0.1) is 0 Å². The van der Waals surface area contributed by atoms with Crippen molar-refractivity contribution >= 4 is 11.6 Å². The maximum Gasteiger partial charge on any atom is 0.146 e. The Morgan fingerprint density at radius 1 is 1.53 bits per heavy atom. The van der Waals surface area contributed by atoms with Gasteiger partial charge in [-0.25, -0.2) is 4.39 Å². The SMILES string of the molecule is CC(CO)N(C)Cc1cccc(Cl)c1F. The molecule has 0 spiro atoms. The van der Waals surface area contributed by atoms with Gasteiger partial charge in [0.05, 0.1) is 11.6 Å². The van der Waals surface area contributed by atoms with Crippen molar-refractivity contribution < 1.29 is 9.50 Å². The molecule has 0 saturated carbocycles. The van der Waals surface area contributed by atoms with E-state index in [1.54, 1.807) is 12.1 Å².